The third-order valence-corrected chi connectivity index (χ3v) is 4.15. The maximum atomic E-state index is 6.12. The van der Waals surface area contributed by atoms with Gasteiger partial charge in [-0.05, 0) is 18.1 Å². The van der Waals surface area contributed by atoms with Gasteiger partial charge in [-0.3, -0.25) is 0 Å². The molecule has 4 heteroatoms. The van der Waals surface area contributed by atoms with Crippen molar-refractivity contribution in [1.82, 2.24) is 4.98 Å². The molecule has 0 amide bonds. The number of aromatic nitrogens is 1. The Kier molecular flexibility index (Phi) is 3.12. The Hall–Kier alpha value is -1.65. The summed E-state index contributed by atoms with van der Waals surface area (Å²) in [5.41, 5.74) is 7.88. The summed E-state index contributed by atoms with van der Waals surface area (Å²) in [6, 6.07) is 9.99. The van der Waals surface area contributed by atoms with Gasteiger partial charge in [0.25, 0.3) is 0 Å². The molecule has 0 spiro atoms. The first-order valence-corrected chi connectivity index (χ1v) is 7.23. The van der Waals surface area contributed by atoms with Crippen molar-refractivity contribution in [2.75, 3.05) is 0 Å². The Morgan fingerprint density at radius 1 is 1.26 bits per heavy atom. The fourth-order valence-corrected chi connectivity index (χ4v) is 2.93. The summed E-state index contributed by atoms with van der Waals surface area (Å²) in [6.45, 7) is 4.21. The van der Waals surface area contributed by atoms with Crippen molar-refractivity contribution in [3.63, 3.8) is 0 Å². The quantitative estimate of drug-likeness (QED) is 0.777. The summed E-state index contributed by atoms with van der Waals surface area (Å²) in [6.07, 6.45) is 0. The highest BCUT2D eigenvalue weighted by Crippen LogP contribution is 2.31. The second-order valence-corrected chi connectivity index (χ2v) is 5.88. The number of thiazole rings is 1. The molecular weight excluding hydrogens is 256 g/mol. The van der Waals surface area contributed by atoms with E-state index in [1.54, 1.807) is 11.3 Å². The fourth-order valence-electron chi connectivity index (χ4n) is 1.95. The molecule has 98 valence electrons. The largest absolute Gasteiger partial charge is 0.454 e. The Labute approximate surface area is 116 Å². The lowest BCUT2D eigenvalue weighted by Gasteiger charge is -2.11. The second kappa shape index (κ2) is 4.79. The zero-order valence-corrected chi connectivity index (χ0v) is 11.8. The Balaban J connectivity index is 1.98. The molecule has 0 saturated heterocycles. The van der Waals surface area contributed by atoms with Crippen LogP contribution < -0.4 is 5.73 Å². The molecule has 3 aromatic rings. The van der Waals surface area contributed by atoms with Gasteiger partial charge in [-0.2, -0.15) is 0 Å². The minimum absolute atomic E-state index is 0.0110. The van der Waals surface area contributed by atoms with E-state index in [0.717, 1.165) is 27.4 Å². The van der Waals surface area contributed by atoms with Gasteiger partial charge in [0.1, 0.15) is 16.3 Å². The van der Waals surface area contributed by atoms with Crippen molar-refractivity contribution < 1.29 is 4.42 Å². The number of nitrogens with two attached hydrogens (primary N) is 1. The molecule has 2 N–H and O–H groups in total. The molecule has 19 heavy (non-hydrogen) atoms. The van der Waals surface area contributed by atoms with Crippen LogP contribution >= 0.6 is 11.3 Å². The number of hydrogen-bond acceptors (Lipinski definition) is 4. The number of para-hydroxylation sites is 1. The lowest BCUT2D eigenvalue weighted by atomic mass is 10.1. The normalized spacial score (nSPS) is 13.3. The molecule has 3 rings (SSSR count). The molecule has 0 radical (unpaired) electrons. The van der Waals surface area contributed by atoms with Gasteiger partial charge >= 0.3 is 0 Å². The van der Waals surface area contributed by atoms with Crippen LogP contribution in [0.25, 0.3) is 22.4 Å². The summed E-state index contributed by atoms with van der Waals surface area (Å²) in [5.74, 6) is 1.19. The zero-order valence-electron chi connectivity index (χ0n) is 11.0. The van der Waals surface area contributed by atoms with Crippen molar-refractivity contribution in [3.8, 4) is 11.5 Å². The van der Waals surface area contributed by atoms with Crippen LogP contribution in [-0.2, 0) is 0 Å². The van der Waals surface area contributed by atoms with Gasteiger partial charge in [0.05, 0.1) is 6.04 Å². The van der Waals surface area contributed by atoms with Crippen molar-refractivity contribution in [2.24, 2.45) is 11.7 Å². The van der Waals surface area contributed by atoms with Gasteiger partial charge in [-0.1, -0.05) is 32.0 Å². The summed E-state index contributed by atoms with van der Waals surface area (Å²) >= 11 is 1.59. The third-order valence-electron chi connectivity index (χ3n) is 3.20. The SMILES string of the molecule is CC(C)C(N)c1nc(-c2cc3ccccc3o2)cs1. The molecular formula is C15H16N2OS. The fraction of sp³-hybridized carbons (Fsp3) is 0.267. The Morgan fingerprint density at radius 3 is 2.79 bits per heavy atom. The highest BCUT2D eigenvalue weighted by molar-refractivity contribution is 7.10. The van der Waals surface area contributed by atoms with Crippen molar-refractivity contribution in [3.05, 3.63) is 40.7 Å². The van der Waals surface area contributed by atoms with Crippen LogP contribution in [0.4, 0.5) is 0 Å². The standard InChI is InChI=1S/C15H16N2OS/c1-9(2)14(16)15-17-11(8-19-15)13-7-10-5-3-4-6-12(10)18-13/h3-9,14H,16H2,1-2H3. The summed E-state index contributed by atoms with van der Waals surface area (Å²) in [5, 5.41) is 4.07. The van der Waals surface area contributed by atoms with E-state index in [2.05, 4.69) is 18.8 Å². The number of hydrogen-bond donors (Lipinski definition) is 1. The molecule has 1 aromatic carbocycles. The molecule has 0 bridgehead atoms. The highest BCUT2D eigenvalue weighted by Gasteiger charge is 2.16. The minimum atomic E-state index is -0.0110. The molecule has 0 saturated carbocycles. The van der Waals surface area contributed by atoms with Crippen LogP contribution in [0.15, 0.2) is 40.1 Å². The van der Waals surface area contributed by atoms with Crippen molar-refractivity contribution in [2.45, 2.75) is 19.9 Å². The van der Waals surface area contributed by atoms with Gasteiger partial charge in [-0.25, -0.2) is 4.98 Å². The number of fused-ring (bicyclic) bond motifs is 1. The maximum absolute atomic E-state index is 6.12. The van der Waals surface area contributed by atoms with E-state index in [1.807, 2.05) is 35.7 Å². The van der Waals surface area contributed by atoms with Crippen LogP contribution in [-0.4, -0.2) is 4.98 Å². The van der Waals surface area contributed by atoms with Crippen LogP contribution in [0, 0.1) is 5.92 Å². The smallest absolute Gasteiger partial charge is 0.154 e. The average Bonchev–Trinajstić information content (AvgIpc) is 3.03. The van der Waals surface area contributed by atoms with Gasteiger partial charge in [0.2, 0.25) is 0 Å². The lowest BCUT2D eigenvalue weighted by Crippen LogP contribution is -2.16. The van der Waals surface area contributed by atoms with Crippen LogP contribution in [0.5, 0.6) is 0 Å². The van der Waals surface area contributed by atoms with Crippen molar-refractivity contribution in [1.29, 1.82) is 0 Å². The molecule has 1 atom stereocenters. The van der Waals surface area contributed by atoms with Gasteiger partial charge in [0.15, 0.2) is 5.76 Å². The van der Waals surface area contributed by atoms with E-state index in [1.165, 1.54) is 0 Å². The molecule has 1 unspecified atom stereocenters. The van der Waals surface area contributed by atoms with Gasteiger partial charge < -0.3 is 10.2 Å². The van der Waals surface area contributed by atoms with E-state index in [4.69, 9.17) is 10.2 Å². The number of nitrogens with zero attached hydrogens (tertiary/aromatic N) is 1. The first kappa shape index (κ1) is 12.4. The third kappa shape index (κ3) is 2.29. The Bertz CT molecular complexity index is 666. The summed E-state index contributed by atoms with van der Waals surface area (Å²) in [4.78, 5) is 4.60. The number of benzene rings is 1. The lowest BCUT2D eigenvalue weighted by molar-refractivity contribution is 0.512. The average molecular weight is 272 g/mol. The van der Waals surface area contributed by atoms with E-state index in [9.17, 15) is 0 Å². The topological polar surface area (TPSA) is 52.0 Å². The maximum Gasteiger partial charge on any atom is 0.154 e. The van der Waals surface area contributed by atoms with Crippen LogP contribution in [0.3, 0.4) is 0 Å². The molecule has 0 fully saturated rings. The van der Waals surface area contributed by atoms with Crippen molar-refractivity contribution >= 4 is 22.3 Å². The minimum Gasteiger partial charge on any atom is -0.454 e. The predicted octanol–water partition coefficient (Wildman–Crippen LogP) is 4.21. The molecule has 2 aromatic heterocycles. The predicted molar refractivity (Wildman–Crippen MR) is 79.1 cm³/mol. The van der Waals surface area contributed by atoms with Gasteiger partial charge in [0, 0.05) is 10.8 Å². The zero-order chi connectivity index (χ0) is 13.4. The number of furan rings is 1. The Morgan fingerprint density at radius 2 is 2.05 bits per heavy atom. The molecule has 2 heterocycles. The second-order valence-electron chi connectivity index (χ2n) is 4.99. The first-order valence-electron chi connectivity index (χ1n) is 6.35. The molecule has 0 aliphatic rings. The highest BCUT2D eigenvalue weighted by atomic mass is 32.1. The van der Waals surface area contributed by atoms with Crippen LogP contribution in [0.2, 0.25) is 0 Å². The number of rotatable bonds is 3. The summed E-state index contributed by atoms with van der Waals surface area (Å²) in [7, 11) is 0. The van der Waals surface area contributed by atoms with Gasteiger partial charge in [-0.15, -0.1) is 11.3 Å². The van der Waals surface area contributed by atoms with E-state index in [-0.39, 0.29) is 6.04 Å². The molecule has 0 aliphatic carbocycles. The molecule has 3 nitrogen and oxygen atoms in total. The summed E-state index contributed by atoms with van der Waals surface area (Å²) < 4.78 is 5.81. The monoisotopic (exact) mass is 272 g/mol. The first-order chi connectivity index (χ1) is 9.15. The van der Waals surface area contributed by atoms with E-state index in [0.29, 0.717) is 5.92 Å². The molecule has 0 aliphatic heterocycles. The van der Waals surface area contributed by atoms with E-state index >= 15 is 0 Å². The van der Waals surface area contributed by atoms with Crippen LogP contribution in [0.1, 0.15) is 24.9 Å². The van der Waals surface area contributed by atoms with E-state index < -0.39 is 0 Å².